The van der Waals surface area contributed by atoms with Gasteiger partial charge in [0, 0.05) is 11.8 Å². The van der Waals surface area contributed by atoms with E-state index in [9.17, 15) is 14.7 Å². The van der Waals surface area contributed by atoms with Crippen molar-refractivity contribution >= 4 is 18.0 Å². The maximum absolute atomic E-state index is 11.6. The average Bonchev–Trinajstić information content (AvgIpc) is 2.61. The molecule has 2 amide bonds. The van der Waals surface area contributed by atoms with Crippen molar-refractivity contribution in [2.45, 2.75) is 6.54 Å². The lowest BCUT2D eigenvalue weighted by Gasteiger charge is -2.05. The highest BCUT2D eigenvalue weighted by Gasteiger charge is 2.12. The van der Waals surface area contributed by atoms with Crippen LogP contribution in [0.4, 0.5) is 0 Å². The predicted molar refractivity (Wildman–Crippen MR) is 86.5 cm³/mol. The summed E-state index contributed by atoms with van der Waals surface area (Å²) < 4.78 is 4.96. The number of hydrogen-bond donors (Lipinski definition) is 3. The second-order valence-corrected chi connectivity index (χ2v) is 4.60. The molecule has 2 aromatic rings. The molecule has 0 aliphatic carbocycles. The summed E-state index contributed by atoms with van der Waals surface area (Å²) >= 11 is 0. The molecular weight excluding hydrogens is 312 g/mol. The van der Waals surface area contributed by atoms with Gasteiger partial charge in [-0.15, -0.1) is 0 Å². The maximum atomic E-state index is 11.6. The van der Waals surface area contributed by atoms with Crippen LogP contribution >= 0.6 is 0 Å². The van der Waals surface area contributed by atoms with Crippen LogP contribution in [0.3, 0.4) is 0 Å². The van der Waals surface area contributed by atoms with Gasteiger partial charge in [-0.3, -0.25) is 14.6 Å². The van der Waals surface area contributed by atoms with Crippen LogP contribution in [0.1, 0.15) is 11.3 Å². The molecule has 8 nitrogen and oxygen atoms in total. The molecule has 0 saturated heterocycles. The summed E-state index contributed by atoms with van der Waals surface area (Å²) in [6.45, 7) is 0.132. The van der Waals surface area contributed by atoms with Crippen LogP contribution in [0.15, 0.2) is 47.7 Å². The topological polar surface area (TPSA) is 113 Å². The number of hydrazone groups is 1. The normalized spacial score (nSPS) is 10.4. The molecule has 0 fully saturated rings. The number of pyridine rings is 1. The number of nitrogens with one attached hydrogen (secondary N) is 2. The molecule has 0 aliphatic rings. The number of aromatic nitrogens is 1. The third kappa shape index (κ3) is 4.54. The molecule has 0 unspecified atom stereocenters. The number of aromatic hydroxyl groups is 1. The van der Waals surface area contributed by atoms with Crippen LogP contribution in [-0.2, 0) is 16.1 Å². The number of para-hydroxylation sites is 1. The van der Waals surface area contributed by atoms with Crippen molar-refractivity contribution in [2.75, 3.05) is 7.11 Å². The van der Waals surface area contributed by atoms with Gasteiger partial charge in [-0.2, -0.15) is 5.10 Å². The molecule has 0 radical (unpaired) electrons. The molecule has 8 heteroatoms. The number of rotatable bonds is 5. The summed E-state index contributed by atoms with van der Waals surface area (Å²) in [6.07, 6.45) is 2.80. The fraction of sp³-hybridized carbons (Fsp3) is 0.125. The minimum atomic E-state index is -0.926. The highest BCUT2D eigenvalue weighted by Crippen LogP contribution is 2.27. The summed E-state index contributed by atoms with van der Waals surface area (Å²) in [4.78, 5) is 27.3. The van der Waals surface area contributed by atoms with Gasteiger partial charge in [-0.25, -0.2) is 5.43 Å². The third-order valence-corrected chi connectivity index (χ3v) is 2.98. The Morgan fingerprint density at radius 3 is 2.79 bits per heavy atom. The van der Waals surface area contributed by atoms with Gasteiger partial charge in [0.2, 0.25) is 0 Å². The second kappa shape index (κ2) is 8.28. The van der Waals surface area contributed by atoms with Gasteiger partial charge in [0.25, 0.3) is 0 Å². The van der Waals surface area contributed by atoms with Gasteiger partial charge >= 0.3 is 11.8 Å². The van der Waals surface area contributed by atoms with Crippen LogP contribution in [0.2, 0.25) is 0 Å². The van der Waals surface area contributed by atoms with Gasteiger partial charge in [-0.1, -0.05) is 12.1 Å². The number of amides is 2. The molecule has 1 aromatic carbocycles. The lowest BCUT2D eigenvalue weighted by molar-refractivity contribution is -0.139. The molecule has 0 spiro atoms. The molecule has 24 heavy (non-hydrogen) atoms. The summed E-state index contributed by atoms with van der Waals surface area (Å²) in [5, 5.41) is 15.9. The molecular formula is C16H16N4O4. The van der Waals surface area contributed by atoms with E-state index in [0.717, 1.165) is 0 Å². The number of carbonyl (C=O) groups excluding carboxylic acids is 2. The van der Waals surface area contributed by atoms with Crippen molar-refractivity contribution in [3.05, 3.63) is 53.9 Å². The zero-order valence-electron chi connectivity index (χ0n) is 12.9. The second-order valence-electron chi connectivity index (χ2n) is 4.60. The molecule has 0 bridgehead atoms. The average molecular weight is 328 g/mol. The van der Waals surface area contributed by atoms with Crippen LogP contribution in [-0.4, -0.2) is 35.2 Å². The smallest absolute Gasteiger partial charge is 0.329 e. The fourth-order valence-electron chi connectivity index (χ4n) is 1.77. The first-order valence-corrected chi connectivity index (χ1v) is 6.99. The lowest BCUT2D eigenvalue weighted by atomic mass is 10.2. The molecule has 124 valence electrons. The van der Waals surface area contributed by atoms with Crippen molar-refractivity contribution in [3.63, 3.8) is 0 Å². The first-order valence-electron chi connectivity index (χ1n) is 6.99. The Balaban J connectivity index is 1.87. The van der Waals surface area contributed by atoms with E-state index in [2.05, 4.69) is 20.8 Å². The summed E-state index contributed by atoms with van der Waals surface area (Å²) in [6, 6.07) is 10.1. The van der Waals surface area contributed by atoms with Gasteiger partial charge < -0.3 is 15.2 Å². The van der Waals surface area contributed by atoms with Crippen molar-refractivity contribution in [1.82, 2.24) is 15.7 Å². The van der Waals surface area contributed by atoms with E-state index in [4.69, 9.17) is 4.74 Å². The zero-order valence-corrected chi connectivity index (χ0v) is 12.9. The first-order chi connectivity index (χ1) is 11.6. The van der Waals surface area contributed by atoms with Crippen LogP contribution in [0.5, 0.6) is 11.5 Å². The molecule has 0 saturated carbocycles. The minimum Gasteiger partial charge on any atom is -0.504 e. The lowest BCUT2D eigenvalue weighted by Crippen LogP contribution is -2.37. The number of carbonyl (C=O) groups is 2. The Hall–Kier alpha value is -3.42. The van der Waals surface area contributed by atoms with E-state index in [0.29, 0.717) is 11.3 Å². The number of phenolic OH excluding ortho intramolecular Hbond substituents is 1. The van der Waals surface area contributed by atoms with E-state index in [1.54, 1.807) is 42.6 Å². The van der Waals surface area contributed by atoms with Crippen LogP contribution in [0, 0.1) is 0 Å². The molecule has 3 N–H and O–H groups in total. The van der Waals surface area contributed by atoms with Crippen LogP contribution < -0.4 is 15.5 Å². The highest BCUT2D eigenvalue weighted by atomic mass is 16.5. The van der Waals surface area contributed by atoms with Crippen molar-refractivity contribution in [1.29, 1.82) is 0 Å². The largest absolute Gasteiger partial charge is 0.504 e. The Morgan fingerprint density at radius 1 is 1.25 bits per heavy atom. The number of nitrogens with zero attached hydrogens (tertiary/aromatic N) is 2. The molecule has 0 aliphatic heterocycles. The number of benzene rings is 1. The first kappa shape index (κ1) is 16.9. The van der Waals surface area contributed by atoms with Crippen LogP contribution in [0.25, 0.3) is 0 Å². The van der Waals surface area contributed by atoms with Crippen molar-refractivity contribution in [3.8, 4) is 11.5 Å². The predicted octanol–water partition coefficient (Wildman–Crippen LogP) is 0.562. The zero-order chi connectivity index (χ0) is 17.4. The van der Waals surface area contributed by atoms with E-state index in [1.165, 1.54) is 13.3 Å². The number of ether oxygens (including phenoxy) is 1. The Morgan fingerprint density at radius 2 is 2.08 bits per heavy atom. The van der Waals surface area contributed by atoms with Crippen molar-refractivity contribution < 1.29 is 19.4 Å². The quantitative estimate of drug-likeness (QED) is 0.422. The summed E-state index contributed by atoms with van der Waals surface area (Å²) in [7, 11) is 1.42. The molecule has 1 heterocycles. The summed E-state index contributed by atoms with van der Waals surface area (Å²) in [5.74, 6) is -1.60. The number of methoxy groups -OCH3 is 1. The van der Waals surface area contributed by atoms with Gasteiger partial charge in [-0.05, 0) is 24.3 Å². The molecule has 1 aromatic heterocycles. The molecule has 0 atom stereocenters. The van der Waals surface area contributed by atoms with E-state index < -0.39 is 11.8 Å². The fourth-order valence-corrected chi connectivity index (χ4v) is 1.77. The summed E-state index contributed by atoms with van der Waals surface area (Å²) in [5.41, 5.74) is 3.04. The van der Waals surface area contributed by atoms with E-state index >= 15 is 0 Å². The number of phenols is 1. The Bertz CT molecular complexity index is 747. The third-order valence-electron chi connectivity index (χ3n) is 2.98. The monoisotopic (exact) mass is 328 g/mol. The Kier molecular flexibility index (Phi) is 5.84. The van der Waals surface area contributed by atoms with E-state index in [1.807, 2.05) is 0 Å². The Labute approximate surface area is 138 Å². The highest BCUT2D eigenvalue weighted by molar-refractivity contribution is 6.35. The molecule has 2 rings (SSSR count). The maximum Gasteiger partial charge on any atom is 0.329 e. The minimum absolute atomic E-state index is 0.113. The standard InChI is InChI=1S/C16H16N4O4/c1-24-13-7-4-5-11(14(13)21)9-19-20-16(23)15(22)18-10-12-6-2-3-8-17-12/h2-9,21H,10H2,1H3,(H,18,22)(H,20,23)/b19-9-. The van der Waals surface area contributed by atoms with Gasteiger partial charge in [0.1, 0.15) is 0 Å². The number of hydrogen-bond acceptors (Lipinski definition) is 6. The van der Waals surface area contributed by atoms with E-state index in [-0.39, 0.29) is 18.0 Å². The van der Waals surface area contributed by atoms with Crippen molar-refractivity contribution in [2.24, 2.45) is 5.10 Å². The van der Waals surface area contributed by atoms with Gasteiger partial charge in [0.15, 0.2) is 11.5 Å². The SMILES string of the molecule is COc1cccc(/C=N\NC(=O)C(=O)NCc2ccccn2)c1O. The van der Waals surface area contributed by atoms with Gasteiger partial charge in [0.05, 0.1) is 25.6 Å².